The van der Waals surface area contributed by atoms with Gasteiger partial charge >= 0.3 is 0 Å². The van der Waals surface area contributed by atoms with Gasteiger partial charge in [-0.3, -0.25) is 0 Å². The Bertz CT molecular complexity index is 446. The number of pyridine rings is 1. The molecule has 0 spiro atoms. The normalized spacial score (nSPS) is 10.2. The number of benzene rings is 1. The Hall–Kier alpha value is -1.83. The molecular weight excluding hydrogens is 208 g/mol. The SMILES string of the molecule is CN(C)c1ccc(CCc2ccccc2)cn1. The van der Waals surface area contributed by atoms with E-state index < -0.39 is 0 Å². The van der Waals surface area contributed by atoms with Gasteiger partial charge in [0.1, 0.15) is 5.82 Å². The fraction of sp³-hybridized carbons (Fsp3) is 0.267. The number of rotatable bonds is 4. The molecule has 0 atom stereocenters. The van der Waals surface area contributed by atoms with Crippen molar-refractivity contribution < 1.29 is 0 Å². The van der Waals surface area contributed by atoms with Crippen LogP contribution >= 0.6 is 0 Å². The molecule has 0 aliphatic carbocycles. The van der Waals surface area contributed by atoms with Gasteiger partial charge in [0.2, 0.25) is 0 Å². The van der Waals surface area contributed by atoms with Crippen molar-refractivity contribution in [1.82, 2.24) is 4.98 Å². The molecule has 2 aromatic rings. The second kappa shape index (κ2) is 5.48. The van der Waals surface area contributed by atoms with Crippen LogP contribution < -0.4 is 4.90 Å². The van der Waals surface area contributed by atoms with Gasteiger partial charge in [-0.25, -0.2) is 4.98 Å². The van der Waals surface area contributed by atoms with E-state index >= 15 is 0 Å². The maximum atomic E-state index is 4.42. The smallest absolute Gasteiger partial charge is 0.127 e. The van der Waals surface area contributed by atoms with Crippen LogP contribution in [0.15, 0.2) is 48.7 Å². The van der Waals surface area contributed by atoms with Crippen molar-refractivity contribution in [2.24, 2.45) is 0 Å². The Labute approximate surface area is 103 Å². The minimum Gasteiger partial charge on any atom is -0.363 e. The molecule has 0 saturated carbocycles. The van der Waals surface area contributed by atoms with E-state index in [1.165, 1.54) is 11.1 Å². The molecule has 0 aliphatic heterocycles. The minimum atomic E-state index is 1.01. The molecule has 0 N–H and O–H groups in total. The van der Waals surface area contributed by atoms with E-state index in [-0.39, 0.29) is 0 Å². The van der Waals surface area contributed by atoms with Crippen LogP contribution in [0.2, 0.25) is 0 Å². The summed E-state index contributed by atoms with van der Waals surface area (Å²) >= 11 is 0. The quantitative estimate of drug-likeness (QED) is 0.797. The summed E-state index contributed by atoms with van der Waals surface area (Å²) < 4.78 is 0. The van der Waals surface area contributed by atoms with Crippen molar-refractivity contribution in [3.05, 3.63) is 59.8 Å². The average Bonchev–Trinajstić information content (AvgIpc) is 2.38. The van der Waals surface area contributed by atoms with Crippen LogP contribution in [0.4, 0.5) is 5.82 Å². The van der Waals surface area contributed by atoms with Crippen molar-refractivity contribution in [2.75, 3.05) is 19.0 Å². The Morgan fingerprint density at radius 2 is 1.59 bits per heavy atom. The summed E-state index contributed by atoms with van der Waals surface area (Å²) in [6.07, 6.45) is 4.09. The van der Waals surface area contributed by atoms with Crippen LogP contribution in [0.25, 0.3) is 0 Å². The first-order chi connectivity index (χ1) is 8.25. The van der Waals surface area contributed by atoms with Gasteiger partial charge < -0.3 is 4.90 Å². The number of nitrogens with zero attached hydrogens (tertiary/aromatic N) is 2. The van der Waals surface area contributed by atoms with Crippen molar-refractivity contribution in [1.29, 1.82) is 0 Å². The molecule has 2 heteroatoms. The van der Waals surface area contributed by atoms with Gasteiger partial charge in [-0.15, -0.1) is 0 Å². The third-order valence-electron chi connectivity index (χ3n) is 2.81. The Kier molecular flexibility index (Phi) is 3.76. The maximum Gasteiger partial charge on any atom is 0.127 e. The molecular formula is C15H18N2. The lowest BCUT2D eigenvalue weighted by Gasteiger charge is -2.11. The van der Waals surface area contributed by atoms with Crippen molar-refractivity contribution in [2.45, 2.75) is 12.8 Å². The Balaban J connectivity index is 1.96. The van der Waals surface area contributed by atoms with Gasteiger partial charge in [0.25, 0.3) is 0 Å². The Morgan fingerprint density at radius 3 is 2.18 bits per heavy atom. The number of anilines is 1. The largest absolute Gasteiger partial charge is 0.363 e. The summed E-state index contributed by atoms with van der Waals surface area (Å²) in [5.74, 6) is 1.01. The van der Waals surface area contributed by atoms with Crippen molar-refractivity contribution in [3.8, 4) is 0 Å². The first kappa shape index (κ1) is 11.6. The second-order valence-corrected chi connectivity index (χ2v) is 4.40. The summed E-state index contributed by atoms with van der Waals surface area (Å²) in [7, 11) is 4.01. The Morgan fingerprint density at radius 1 is 0.882 bits per heavy atom. The lowest BCUT2D eigenvalue weighted by molar-refractivity contribution is 0.944. The van der Waals surface area contributed by atoms with Crippen molar-refractivity contribution >= 4 is 5.82 Å². The van der Waals surface area contributed by atoms with E-state index in [1.54, 1.807) is 0 Å². The molecule has 2 rings (SSSR count). The molecule has 0 saturated heterocycles. The zero-order chi connectivity index (χ0) is 12.1. The van der Waals surface area contributed by atoms with Crippen LogP contribution in [0, 0.1) is 0 Å². The van der Waals surface area contributed by atoms with Gasteiger partial charge in [0, 0.05) is 20.3 Å². The molecule has 0 aliphatic rings. The van der Waals surface area contributed by atoms with Gasteiger partial charge in [-0.1, -0.05) is 36.4 Å². The highest BCUT2D eigenvalue weighted by atomic mass is 15.1. The predicted molar refractivity (Wildman–Crippen MR) is 72.4 cm³/mol. The molecule has 0 unspecified atom stereocenters. The van der Waals surface area contributed by atoms with Crippen molar-refractivity contribution in [3.63, 3.8) is 0 Å². The van der Waals surface area contributed by atoms with E-state index in [1.807, 2.05) is 25.2 Å². The zero-order valence-electron chi connectivity index (χ0n) is 10.4. The molecule has 1 aromatic carbocycles. The molecule has 1 aromatic heterocycles. The lowest BCUT2D eigenvalue weighted by atomic mass is 10.1. The second-order valence-electron chi connectivity index (χ2n) is 4.40. The van der Waals surface area contributed by atoms with Crippen LogP contribution in [0.1, 0.15) is 11.1 Å². The number of hydrogen-bond donors (Lipinski definition) is 0. The first-order valence-electron chi connectivity index (χ1n) is 5.92. The summed E-state index contributed by atoms with van der Waals surface area (Å²) in [6, 6.07) is 14.8. The predicted octanol–water partition coefficient (Wildman–Crippen LogP) is 2.93. The molecule has 0 bridgehead atoms. The first-order valence-corrected chi connectivity index (χ1v) is 5.92. The molecule has 17 heavy (non-hydrogen) atoms. The topological polar surface area (TPSA) is 16.1 Å². The highest BCUT2D eigenvalue weighted by molar-refractivity contribution is 5.37. The highest BCUT2D eigenvalue weighted by Crippen LogP contribution is 2.10. The van der Waals surface area contributed by atoms with E-state index in [0.29, 0.717) is 0 Å². The molecule has 0 radical (unpaired) electrons. The monoisotopic (exact) mass is 226 g/mol. The van der Waals surface area contributed by atoms with Gasteiger partial charge in [0.15, 0.2) is 0 Å². The third kappa shape index (κ3) is 3.31. The summed E-state index contributed by atoms with van der Waals surface area (Å²) in [6.45, 7) is 0. The fourth-order valence-corrected chi connectivity index (χ4v) is 1.76. The number of hydrogen-bond acceptors (Lipinski definition) is 2. The standard InChI is InChI=1S/C15H18N2/c1-17(2)15-11-10-14(12-16-15)9-8-13-6-4-3-5-7-13/h3-7,10-12H,8-9H2,1-2H3. The molecule has 0 fully saturated rings. The summed E-state index contributed by atoms with van der Waals surface area (Å²) in [5.41, 5.74) is 2.67. The van der Waals surface area contributed by atoms with E-state index in [4.69, 9.17) is 0 Å². The van der Waals surface area contributed by atoms with E-state index in [9.17, 15) is 0 Å². The number of aryl methyl sites for hydroxylation is 2. The zero-order valence-corrected chi connectivity index (χ0v) is 10.4. The average molecular weight is 226 g/mol. The van der Waals surface area contributed by atoms with Crippen LogP contribution in [-0.2, 0) is 12.8 Å². The van der Waals surface area contributed by atoms with Gasteiger partial charge in [-0.05, 0) is 30.0 Å². The third-order valence-corrected chi connectivity index (χ3v) is 2.81. The maximum absolute atomic E-state index is 4.42. The van der Waals surface area contributed by atoms with E-state index in [0.717, 1.165) is 18.7 Å². The fourth-order valence-electron chi connectivity index (χ4n) is 1.76. The number of aromatic nitrogens is 1. The van der Waals surface area contributed by atoms with Gasteiger partial charge in [0.05, 0.1) is 0 Å². The van der Waals surface area contributed by atoms with Crippen LogP contribution in [-0.4, -0.2) is 19.1 Å². The highest BCUT2D eigenvalue weighted by Gasteiger charge is 1.98. The van der Waals surface area contributed by atoms with Gasteiger partial charge in [-0.2, -0.15) is 0 Å². The molecule has 0 amide bonds. The lowest BCUT2D eigenvalue weighted by Crippen LogP contribution is -2.10. The van der Waals surface area contributed by atoms with Crippen LogP contribution in [0.3, 0.4) is 0 Å². The minimum absolute atomic E-state index is 1.01. The summed E-state index contributed by atoms with van der Waals surface area (Å²) in [4.78, 5) is 6.43. The summed E-state index contributed by atoms with van der Waals surface area (Å²) in [5, 5.41) is 0. The molecule has 2 nitrogen and oxygen atoms in total. The molecule has 1 heterocycles. The van der Waals surface area contributed by atoms with Crippen LogP contribution in [0.5, 0.6) is 0 Å². The molecule has 88 valence electrons. The van der Waals surface area contributed by atoms with E-state index in [2.05, 4.69) is 47.4 Å².